The van der Waals surface area contributed by atoms with Crippen LogP contribution in [0.4, 0.5) is 0 Å². The van der Waals surface area contributed by atoms with Gasteiger partial charge in [-0.05, 0) is 30.7 Å². The van der Waals surface area contributed by atoms with E-state index in [1.165, 1.54) is 0 Å². The first kappa shape index (κ1) is 16.5. The molecule has 0 N–H and O–H groups in total. The van der Waals surface area contributed by atoms with Crippen molar-refractivity contribution >= 4 is 17.2 Å². The molecule has 0 atom stereocenters. The summed E-state index contributed by atoms with van der Waals surface area (Å²) in [4.78, 5) is 27.5. The summed E-state index contributed by atoms with van der Waals surface area (Å²) < 4.78 is 7.09. The Balaban J connectivity index is 1.82. The van der Waals surface area contributed by atoms with Crippen molar-refractivity contribution in [2.24, 2.45) is 0 Å². The fourth-order valence-corrected chi connectivity index (χ4v) is 3.32. The summed E-state index contributed by atoms with van der Waals surface area (Å²) in [5.74, 6) is -0.945. The molecule has 0 saturated carbocycles. The van der Waals surface area contributed by atoms with Gasteiger partial charge in [0.1, 0.15) is 5.69 Å². The lowest BCUT2D eigenvalue weighted by molar-refractivity contribution is -0.130. The van der Waals surface area contributed by atoms with Gasteiger partial charge in [0.25, 0.3) is 11.7 Å². The minimum absolute atomic E-state index is 0.418. The third-order valence-corrected chi connectivity index (χ3v) is 4.75. The highest BCUT2D eigenvalue weighted by molar-refractivity contribution is 6.43. The normalized spacial score (nSPS) is 14.6. The first-order valence-corrected chi connectivity index (χ1v) is 8.73. The molecule has 5 heteroatoms. The van der Waals surface area contributed by atoms with Crippen molar-refractivity contribution in [3.05, 3.63) is 66.0 Å². The Hall–Kier alpha value is -2.92. The maximum absolute atomic E-state index is 13.1. The molecule has 0 unspecified atom stereocenters. The van der Waals surface area contributed by atoms with Crippen LogP contribution in [0.25, 0.3) is 16.6 Å². The molecule has 1 aliphatic rings. The van der Waals surface area contributed by atoms with Gasteiger partial charge in [-0.3, -0.25) is 9.59 Å². The Morgan fingerprint density at radius 1 is 1.00 bits per heavy atom. The van der Waals surface area contributed by atoms with E-state index in [0.29, 0.717) is 32.0 Å². The number of aryl methyl sites for hydroxylation is 1. The molecule has 1 amide bonds. The Labute approximate surface area is 151 Å². The fourth-order valence-electron chi connectivity index (χ4n) is 3.32. The maximum atomic E-state index is 13.1. The quantitative estimate of drug-likeness (QED) is 0.540. The minimum Gasteiger partial charge on any atom is -0.378 e. The van der Waals surface area contributed by atoms with Crippen LogP contribution in [0.2, 0.25) is 0 Å². The van der Waals surface area contributed by atoms with Crippen LogP contribution in [-0.4, -0.2) is 47.3 Å². The van der Waals surface area contributed by atoms with Crippen molar-refractivity contribution in [3.63, 3.8) is 0 Å². The number of nitrogens with zero attached hydrogens (tertiary/aromatic N) is 2. The van der Waals surface area contributed by atoms with E-state index in [2.05, 4.69) is 0 Å². The van der Waals surface area contributed by atoms with Crippen molar-refractivity contribution in [2.45, 2.75) is 6.92 Å². The highest BCUT2D eigenvalue weighted by Gasteiger charge is 2.29. The monoisotopic (exact) mass is 348 g/mol. The second-order valence-corrected chi connectivity index (χ2v) is 6.50. The zero-order valence-electron chi connectivity index (χ0n) is 14.6. The van der Waals surface area contributed by atoms with Gasteiger partial charge in [-0.25, -0.2) is 0 Å². The number of pyridine rings is 1. The molecule has 0 radical (unpaired) electrons. The van der Waals surface area contributed by atoms with Crippen molar-refractivity contribution in [2.75, 3.05) is 26.3 Å². The van der Waals surface area contributed by atoms with Crippen LogP contribution >= 0.6 is 0 Å². The minimum atomic E-state index is -0.478. The predicted octanol–water partition coefficient (Wildman–Crippen LogP) is 2.96. The standard InChI is InChI=1S/C21H20N2O3/c1-15-5-7-16(8-6-15)18-14-17-4-2-3-9-23(17)19(18)20(24)21(25)22-10-12-26-13-11-22/h2-9,14H,10-13H2,1H3. The van der Waals surface area contributed by atoms with Crippen LogP contribution in [0.3, 0.4) is 0 Å². The van der Waals surface area contributed by atoms with Gasteiger partial charge in [-0.1, -0.05) is 35.9 Å². The number of benzene rings is 1. The summed E-state index contributed by atoms with van der Waals surface area (Å²) in [6.07, 6.45) is 1.83. The van der Waals surface area contributed by atoms with Crippen molar-refractivity contribution in [1.29, 1.82) is 0 Å². The van der Waals surface area contributed by atoms with Crippen LogP contribution in [0, 0.1) is 6.92 Å². The molecule has 26 heavy (non-hydrogen) atoms. The van der Waals surface area contributed by atoms with E-state index in [1.54, 1.807) is 9.30 Å². The lowest BCUT2D eigenvalue weighted by atomic mass is 10.0. The highest BCUT2D eigenvalue weighted by Crippen LogP contribution is 2.29. The molecule has 0 bridgehead atoms. The lowest BCUT2D eigenvalue weighted by Crippen LogP contribution is -2.44. The number of hydrogen-bond acceptors (Lipinski definition) is 3. The van der Waals surface area contributed by atoms with Crippen LogP contribution in [0.1, 0.15) is 16.1 Å². The molecule has 3 heterocycles. The van der Waals surface area contributed by atoms with E-state index in [1.807, 2.05) is 61.7 Å². The molecule has 3 aromatic rings. The average molecular weight is 348 g/mol. The van der Waals surface area contributed by atoms with Gasteiger partial charge >= 0.3 is 0 Å². The van der Waals surface area contributed by atoms with Crippen LogP contribution in [0.15, 0.2) is 54.7 Å². The van der Waals surface area contributed by atoms with Gasteiger partial charge < -0.3 is 14.0 Å². The highest BCUT2D eigenvalue weighted by atomic mass is 16.5. The van der Waals surface area contributed by atoms with E-state index in [4.69, 9.17) is 4.74 Å². The molecule has 1 aliphatic heterocycles. The van der Waals surface area contributed by atoms with Gasteiger partial charge in [-0.2, -0.15) is 0 Å². The first-order chi connectivity index (χ1) is 12.6. The number of hydrogen-bond donors (Lipinski definition) is 0. The molecule has 0 aliphatic carbocycles. The Bertz CT molecular complexity index is 967. The summed E-state index contributed by atoms with van der Waals surface area (Å²) in [5.41, 5.74) is 4.16. The molecule has 1 aromatic carbocycles. The number of amides is 1. The molecule has 4 rings (SSSR count). The summed E-state index contributed by atoms with van der Waals surface area (Å²) in [7, 11) is 0. The Morgan fingerprint density at radius 2 is 1.73 bits per heavy atom. The topological polar surface area (TPSA) is 51.0 Å². The molecule has 1 fully saturated rings. The zero-order chi connectivity index (χ0) is 18.1. The first-order valence-electron chi connectivity index (χ1n) is 8.73. The fraction of sp³-hybridized carbons (Fsp3) is 0.238. The Morgan fingerprint density at radius 3 is 2.46 bits per heavy atom. The summed E-state index contributed by atoms with van der Waals surface area (Å²) >= 11 is 0. The molecule has 5 nitrogen and oxygen atoms in total. The van der Waals surface area contributed by atoms with Crippen LogP contribution < -0.4 is 0 Å². The molecule has 0 spiro atoms. The summed E-state index contributed by atoms with van der Waals surface area (Å²) in [5, 5.41) is 0. The number of morpholine rings is 1. The van der Waals surface area contributed by atoms with E-state index in [9.17, 15) is 9.59 Å². The molecular formula is C21H20N2O3. The van der Waals surface area contributed by atoms with E-state index < -0.39 is 11.7 Å². The third-order valence-electron chi connectivity index (χ3n) is 4.75. The third kappa shape index (κ3) is 2.91. The number of fused-ring (bicyclic) bond motifs is 1. The predicted molar refractivity (Wildman–Crippen MR) is 99.3 cm³/mol. The zero-order valence-corrected chi connectivity index (χ0v) is 14.6. The summed E-state index contributed by atoms with van der Waals surface area (Å²) in [6.45, 7) is 3.87. The number of aromatic nitrogens is 1. The smallest absolute Gasteiger partial charge is 0.296 e. The summed E-state index contributed by atoms with van der Waals surface area (Å²) in [6, 6.07) is 15.7. The van der Waals surface area contributed by atoms with Gasteiger partial charge in [0.05, 0.1) is 13.2 Å². The van der Waals surface area contributed by atoms with Crippen LogP contribution in [-0.2, 0) is 9.53 Å². The molecule has 2 aromatic heterocycles. The largest absolute Gasteiger partial charge is 0.378 e. The van der Waals surface area contributed by atoms with Gasteiger partial charge in [0.15, 0.2) is 0 Å². The second-order valence-electron chi connectivity index (χ2n) is 6.50. The van der Waals surface area contributed by atoms with Gasteiger partial charge in [-0.15, -0.1) is 0 Å². The van der Waals surface area contributed by atoms with Crippen molar-refractivity contribution < 1.29 is 14.3 Å². The van der Waals surface area contributed by atoms with E-state index in [0.717, 1.165) is 22.2 Å². The number of carbonyl (C=O) groups excluding carboxylic acids is 2. The number of carbonyl (C=O) groups is 2. The number of ether oxygens (including phenoxy) is 1. The van der Waals surface area contributed by atoms with Crippen molar-refractivity contribution in [3.8, 4) is 11.1 Å². The SMILES string of the molecule is Cc1ccc(-c2cc3ccccn3c2C(=O)C(=O)N2CCOCC2)cc1. The van der Waals surface area contributed by atoms with E-state index >= 15 is 0 Å². The molecular weight excluding hydrogens is 328 g/mol. The molecule has 132 valence electrons. The number of rotatable bonds is 3. The van der Waals surface area contributed by atoms with Crippen LogP contribution in [0.5, 0.6) is 0 Å². The number of Topliss-reactive ketones (excluding diaryl/α,β-unsaturated/α-hetero) is 1. The molecule has 1 saturated heterocycles. The lowest BCUT2D eigenvalue weighted by Gasteiger charge is -2.26. The van der Waals surface area contributed by atoms with Gasteiger partial charge in [0, 0.05) is 30.4 Å². The maximum Gasteiger partial charge on any atom is 0.296 e. The second kappa shape index (κ2) is 6.77. The average Bonchev–Trinajstić information content (AvgIpc) is 3.07. The van der Waals surface area contributed by atoms with Crippen molar-refractivity contribution in [1.82, 2.24) is 9.30 Å². The Kier molecular flexibility index (Phi) is 4.31. The van der Waals surface area contributed by atoms with E-state index in [-0.39, 0.29) is 0 Å². The van der Waals surface area contributed by atoms with Gasteiger partial charge in [0.2, 0.25) is 0 Å². The number of ketones is 1.